The van der Waals surface area contributed by atoms with Gasteiger partial charge in [-0.05, 0) is 32.9 Å². The topological polar surface area (TPSA) is 212 Å². The van der Waals surface area contributed by atoms with Crippen molar-refractivity contribution >= 4 is 0 Å². The van der Waals surface area contributed by atoms with Crippen LogP contribution in [-0.4, -0.2) is 134 Å². The predicted octanol–water partition coefficient (Wildman–Crippen LogP) is -3.97. The summed E-state index contributed by atoms with van der Waals surface area (Å²) in [6, 6.07) is -2.39. The van der Waals surface area contributed by atoms with E-state index in [1.165, 1.54) is 0 Å². The standard InChI is InChI=1S/C23H44N6O8/c1-23(32)11-34-22(17(31)20(23)27-2)37-19-15(26)9-14(25)18(16(19)30)36-21-13(24)4-3-12(35-21)10-28-29-5-7-33-8-6-29/h3,13-22,27-28,30-32H,4-11,24-26H2,1-2H3/t13-,14+,15-,16+,17-,18-,19+,20-,21-,22-,23+/m1/s1. The fourth-order valence-electron chi connectivity index (χ4n) is 5.33. The van der Waals surface area contributed by atoms with E-state index >= 15 is 0 Å². The highest BCUT2D eigenvalue weighted by Crippen LogP contribution is 2.31. The number of hydrogen-bond donors (Lipinski definition) is 8. The molecule has 11 atom stereocenters. The molecule has 0 spiro atoms. The van der Waals surface area contributed by atoms with E-state index in [1.807, 2.05) is 6.08 Å². The Labute approximate surface area is 217 Å². The summed E-state index contributed by atoms with van der Waals surface area (Å²) >= 11 is 0. The first-order valence-electron chi connectivity index (χ1n) is 13.0. The van der Waals surface area contributed by atoms with Crippen molar-refractivity contribution in [3.63, 3.8) is 0 Å². The second kappa shape index (κ2) is 12.5. The Bertz CT molecular complexity index is 772. The Hall–Kier alpha value is -0.980. The van der Waals surface area contributed by atoms with Crippen LogP contribution < -0.4 is 27.9 Å². The van der Waals surface area contributed by atoms with E-state index in [0.29, 0.717) is 38.4 Å². The highest BCUT2D eigenvalue weighted by Gasteiger charge is 2.50. The number of nitrogens with zero attached hydrogens (tertiary/aromatic N) is 1. The lowest BCUT2D eigenvalue weighted by atomic mass is 9.84. The minimum atomic E-state index is -1.30. The van der Waals surface area contributed by atoms with Gasteiger partial charge in [-0.15, -0.1) is 0 Å². The van der Waals surface area contributed by atoms with Gasteiger partial charge in [0.05, 0.1) is 38.4 Å². The molecule has 37 heavy (non-hydrogen) atoms. The van der Waals surface area contributed by atoms with E-state index in [2.05, 4.69) is 15.8 Å². The molecule has 4 rings (SSSR count). The number of likely N-dealkylation sites (N-methyl/N-ethyl adjacent to an activating group) is 1. The fourth-order valence-corrected chi connectivity index (χ4v) is 5.33. The zero-order chi connectivity index (χ0) is 26.7. The van der Waals surface area contributed by atoms with E-state index in [-0.39, 0.29) is 6.61 Å². The van der Waals surface area contributed by atoms with Gasteiger partial charge < -0.3 is 61.5 Å². The van der Waals surface area contributed by atoms with Crippen LogP contribution in [0.1, 0.15) is 19.8 Å². The van der Waals surface area contributed by atoms with Crippen LogP contribution >= 0.6 is 0 Å². The van der Waals surface area contributed by atoms with E-state index in [0.717, 1.165) is 13.1 Å². The number of nitrogens with one attached hydrogen (secondary N) is 2. The Morgan fingerprint density at radius 2 is 1.70 bits per heavy atom. The summed E-state index contributed by atoms with van der Waals surface area (Å²) in [6.45, 7) is 4.86. The third kappa shape index (κ3) is 6.78. The summed E-state index contributed by atoms with van der Waals surface area (Å²) in [5.74, 6) is 0.686. The van der Waals surface area contributed by atoms with Gasteiger partial charge in [0.25, 0.3) is 0 Å². The van der Waals surface area contributed by atoms with E-state index in [1.54, 1.807) is 14.0 Å². The second-order valence-corrected chi connectivity index (χ2v) is 10.5. The van der Waals surface area contributed by atoms with Crippen molar-refractivity contribution in [1.29, 1.82) is 0 Å². The van der Waals surface area contributed by atoms with Crippen molar-refractivity contribution in [1.82, 2.24) is 15.8 Å². The summed E-state index contributed by atoms with van der Waals surface area (Å²) in [6.07, 6.45) is -3.45. The average Bonchev–Trinajstić information content (AvgIpc) is 2.86. The lowest BCUT2D eigenvalue weighted by molar-refractivity contribution is -0.303. The molecule has 1 aliphatic carbocycles. The number of nitrogens with two attached hydrogens (primary N) is 3. The predicted molar refractivity (Wildman–Crippen MR) is 131 cm³/mol. The molecule has 4 aliphatic rings. The number of hydrogen-bond acceptors (Lipinski definition) is 14. The molecular weight excluding hydrogens is 488 g/mol. The van der Waals surface area contributed by atoms with Gasteiger partial charge in [0.15, 0.2) is 6.29 Å². The molecule has 0 unspecified atom stereocenters. The molecule has 0 bridgehead atoms. The number of aliphatic hydroxyl groups excluding tert-OH is 2. The van der Waals surface area contributed by atoms with Crippen molar-refractivity contribution in [2.45, 2.75) is 86.5 Å². The number of ether oxygens (including phenoxy) is 5. The summed E-state index contributed by atoms with van der Waals surface area (Å²) in [4.78, 5) is 0. The number of aliphatic hydroxyl groups is 3. The minimum Gasteiger partial charge on any atom is -0.466 e. The zero-order valence-corrected chi connectivity index (χ0v) is 21.6. The average molecular weight is 533 g/mol. The molecule has 0 amide bonds. The van der Waals surface area contributed by atoms with Gasteiger partial charge in [0.1, 0.15) is 35.8 Å². The third-order valence-corrected chi connectivity index (χ3v) is 7.51. The van der Waals surface area contributed by atoms with Crippen LogP contribution in [0.2, 0.25) is 0 Å². The van der Waals surface area contributed by atoms with Crippen molar-refractivity contribution in [2.24, 2.45) is 17.2 Å². The fraction of sp³-hybridized carbons (Fsp3) is 0.913. The van der Waals surface area contributed by atoms with E-state index in [9.17, 15) is 15.3 Å². The molecule has 0 radical (unpaired) electrons. The number of morpholine rings is 1. The first kappa shape index (κ1) is 29.0. The van der Waals surface area contributed by atoms with Crippen molar-refractivity contribution < 1.29 is 39.0 Å². The van der Waals surface area contributed by atoms with Gasteiger partial charge in [-0.2, -0.15) is 0 Å². The van der Waals surface area contributed by atoms with Crippen LogP contribution in [0, 0.1) is 0 Å². The normalized spacial score (nSPS) is 45.8. The molecule has 0 aromatic heterocycles. The van der Waals surface area contributed by atoms with Crippen LogP contribution in [-0.2, 0) is 23.7 Å². The molecule has 0 aromatic carbocycles. The lowest BCUT2D eigenvalue weighted by Gasteiger charge is -2.48. The highest BCUT2D eigenvalue weighted by molar-refractivity contribution is 5.05. The summed E-state index contributed by atoms with van der Waals surface area (Å²) in [7, 11) is 1.63. The molecular formula is C23H44N6O8. The first-order chi connectivity index (χ1) is 17.6. The highest BCUT2D eigenvalue weighted by atomic mass is 16.7. The summed E-state index contributed by atoms with van der Waals surface area (Å²) in [5, 5.41) is 37.4. The van der Waals surface area contributed by atoms with Crippen LogP contribution in [0.25, 0.3) is 0 Å². The Kier molecular flexibility index (Phi) is 9.78. The van der Waals surface area contributed by atoms with Crippen LogP contribution in [0.3, 0.4) is 0 Å². The van der Waals surface area contributed by atoms with E-state index in [4.69, 9.17) is 40.9 Å². The molecule has 0 aromatic rings. The van der Waals surface area contributed by atoms with Gasteiger partial charge in [-0.25, -0.2) is 10.4 Å². The van der Waals surface area contributed by atoms with Crippen molar-refractivity contribution in [3.05, 3.63) is 11.8 Å². The molecule has 1 saturated carbocycles. The molecule has 14 heteroatoms. The van der Waals surface area contributed by atoms with Crippen LogP contribution in [0.5, 0.6) is 0 Å². The van der Waals surface area contributed by atoms with Crippen LogP contribution in [0.4, 0.5) is 0 Å². The zero-order valence-electron chi connectivity index (χ0n) is 21.6. The lowest BCUT2D eigenvalue weighted by Crippen LogP contribution is -2.68. The molecule has 11 N–H and O–H groups in total. The molecule has 2 saturated heterocycles. The van der Waals surface area contributed by atoms with Gasteiger partial charge in [-0.3, -0.25) is 0 Å². The molecule has 214 valence electrons. The van der Waals surface area contributed by atoms with Gasteiger partial charge in [-0.1, -0.05) is 0 Å². The Morgan fingerprint density at radius 1 is 1.05 bits per heavy atom. The maximum absolute atomic E-state index is 11.2. The smallest absolute Gasteiger partial charge is 0.215 e. The molecule has 14 nitrogen and oxygen atoms in total. The molecule has 3 heterocycles. The van der Waals surface area contributed by atoms with Crippen molar-refractivity contribution in [3.8, 4) is 0 Å². The maximum atomic E-state index is 11.2. The van der Waals surface area contributed by atoms with Crippen LogP contribution in [0.15, 0.2) is 11.8 Å². The van der Waals surface area contributed by atoms with Gasteiger partial charge in [0.2, 0.25) is 6.29 Å². The quantitative estimate of drug-likeness (QED) is 0.150. The number of hydrazine groups is 1. The summed E-state index contributed by atoms with van der Waals surface area (Å²) < 4.78 is 29.1. The van der Waals surface area contributed by atoms with Crippen molar-refractivity contribution in [2.75, 3.05) is 46.5 Å². The SMILES string of the molecule is CN[C@@H]1[C@@H](O)[C@@H](O[C@@H]2[C@@H](O)[C@H](O[C@H]3OC(CNN4CCOCC4)=CC[C@H]3N)[C@@H](N)C[C@H]2N)OC[C@]1(C)O. The second-order valence-electron chi connectivity index (χ2n) is 10.5. The Balaban J connectivity index is 1.36. The largest absolute Gasteiger partial charge is 0.466 e. The van der Waals surface area contributed by atoms with Gasteiger partial charge in [0, 0.05) is 25.2 Å². The molecule has 3 fully saturated rings. The first-order valence-corrected chi connectivity index (χ1v) is 13.0. The summed E-state index contributed by atoms with van der Waals surface area (Å²) in [5.41, 5.74) is 20.9. The minimum absolute atomic E-state index is 0.0733. The monoisotopic (exact) mass is 532 g/mol. The Morgan fingerprint density at radius 3 is 2.35 bits per heavy atom. The maximum Gasteiger partial charge on any atom is 0.215 e. The number of rotatable bonds is 8. The van der Waals surface area contributed by atoms with Gasteiger partial charge >= 0.3 is 0 Å². The molecule has 3 aliphatic heterocycles. The van der Waals surface area contributed by atoms with E-state index < -0.39 is 66.8 Å². The third-order valence-electron chi connectivity index (χ3n) is 7.51.